The number of ether oxygens (including phenoxy) is 1. The van der Waals surface area contributed by atoms with Crippen molar-refractivity contribution in [3.05, 3.63) is 29.8 Å². The molecule has 0 amide bonds. The maximum atomic E-state index is 5.80. The molecule has 0 aliphatic carbocycles. The van der Waals surface area contributed by atoms with E-state index in [1.54, 1.807) is 0 Å². The number of nitrogens with two attached hydrogens (primary N) is 1. The van der Waals surface area contributed by atoms with Gasteiger partial charge in [-0.25, -0.2) is 0 Å². The second kappa shape index (κ2) is 5.04. The van der Waals surface area contributed by atoms with Crippen LogP contribution in [0.4, 0.5) is 5.69 Å². The van der Waals surface area contributed by atoms with Crippen LogP contribution in [0.3, 0.4) is 0 Å². The lowest BCUT2D eigenvalue weighted by atomic mass is 10.2. The van der Waals surface area contributed by atoms with Gasteiger partial charge in [0.2, 0.25) is 6.23 Å². The van der Waals surface area contributed by atoms with Crippen molar-refractivity contribution in [2.45, 2.75) is 12.3 Å². The molecule has 1 aromatic carbocycles. The Labute approximate surface area is 101 Å². The highest BCUT2D eigenvalue weighted by Crippen LogP contribution is 2.19. The van der Waals surface area contributed by atoms with Gasteiger partial charge in [-0.2, -0.15) is 0 Å². The van der Waals surface area contributed by atoms with E-state index in [9.17, 15) is 0 Å². The summed E-state index contributed by atoms with van der Waals surface area (Å²) in [6.45, 7) is 0.948. The predicted octanol–water partition coefficient (Wildman–Crippen LogP) is 0.952. The molecule has 3 nitrogen and oxygen atoms in total. The van der Waals surface area contributed by atoms with E-state index in [2.05, 4.69) is 34.5 Å². The van der Waals surface area contributed by atoms with Gasteiger partial charge in [-0.3, -0.25) is 0 Å². The SMILES string of the molecule is CN(C)c1ccc(C2[NH2+]CC(CCl)O2)cc1. The zero-order chi connectivity index (χ0) is 11.5. The fraction of sp³-hybridized carbons (Fsp3) is 0.500. The molecule has 16 heavy (non-hydrogen) atoms. The molecule has 2 atom stereocenters. The Morgan fingerprint density at radius 1 is 1.38 bits per heavy atom. The molecule has 1 aliphatic rings. The van der Waals surface area contributed by atoms with Gasteiger partial charge in [-0.1, -0.05) is 0 Å². The monoisotopic (exact) mass is 241 g/mol. The van der Waals surface area contributed by atoms with Crippen molar-refractivity contribution in [1.29, 1.82) is 0 Å². The quantitative estimate of drug-likeness (QED) is 0.799. The van der Waals surface area contributed by atoms with Crippen LogP contribution in [0.2, 0.25) is 0 Å². The van der Waals surface area contributed by atoms with Crippen LogP contribution in [-0.2, 0) is 4.74 Å². The van der Waals surface area contributed by atoms with Crippen LogP contribution in [0.5, 0.6) is 0 Å². The largest absolute Gasteiger partial charge is 0.378 e. The van der Waals surface area contributed by atoms with E-state index in [-0.39, 0.29) is 12.3 Å². The van der Waals surface area contributed by atoms with Crippen molar-refractivity contribution in [3.8, 4) is 0 Å². The maximum absolute atomic E-state index is 5.80. The van der Waals surface area contributed by atoms with Crippen LogP contribution in [0.1, 0.15) is 11.8 Å². The third-order valence-corrected chi connectivity index (χ3v) is 3.21. The van der Waals surface area contributed by atoms with Gasteiger partial charge in [-0.05, 0) is 24.3 Å². The van der Waals surface area contributed by atoms with Gasteiger partial charge in [0.05, 0.1) is 5.88 Å². The second-order valence-electron chi connectivity index (χ2n) is 4.29. The minimum absolute atomic E-state index is 0.111. The van der Waals surface area contributed by atoms with E-state index in [0.29, 0.717) is 5.88 Å². The first kappa shape index (κ1) is 11.7. The van der Waals surface area contributed by atoms with E-state index in [4.69, 9.17) is 16.3 Å². The Hall–Kier alpha value is -0.770. The lowest BCUT2D eigenvalue weighted by molar-refractivity contribution is -0.697. The summed E-state index contributed by atoms with van der Waals surface area (Å²) in [6.07, 6.45) is 0.292. The van der Waals surface area contributed by atoms with Gasteiger partial charge in [0.15, 0.2) is 0 Å². The molecular weight excluding hydrogens is 224 g/mol. The summed E-state index contributed by atoms with van der Waals surface area (Å²) in [5, 5.41) is 2.19. The molecule has 2 rings (SSSR count). The first-order chi connectivity index (χ1) is 7.70. The van der Waals surface area contributed by atoms with Gasteiger partial charge in [-0.15, -0.1) is 11.6 Å². The number of alkyl halides is 1. The Morgan fingerprint density at radius 2 is 2.06 bits per heavy atom. The van der Waals surface area contributed by atoms with Crippen molar-refractivity contribution in [2.75, 3.05) is 31.4 Å². The molecule has 1 aromatic rings. The molecule has 2 N–H and O–H groups in total. The van der Waals surface area contributed by atoms with E-state index in [1.807, 2.05) is 14.1 Å². The summed E-state index contributed by atoms with van der Waals surface area (Å²) in [6, 6.07) is 8.46. The zero-order valence-corrected chi connectivity index (χ0v) is 10.4. The molecule has 0 bridgehead atoms. The molecule has 0 spiro atoms. The highest BCUT2D eigenvalue weighted by molar-refractivity contribution is 6.18. The zero-order valence-electron chi connectivity index (χ0n) is 9.69. The molecule has 0 aromatic heterocycles. The first-order valence-electron chi connectivity index (χ1n) is 5.52. The number of nitrogens with zero attached hydrogens (tertiary/aromatic N) is 1. The van der Waals surface area contributed by atoms with Crippen LogP contribution in [0, 0.1) is 0 Å². The highest BCUT2D eigenvalue weighted by atomic mass is 35.5. The number of quaternary nitrogens is 1. The Kier molecular flexibility index (Phi) is 3.69. The topological polar surface area (TPSA) is 29.1 Å². The van der Waals surface area contributed by atoms with Crippen LogP contribution in [0.25, 0.3) is 0 Å². The average Bonchev–Trinajstić information content (AvgIpc) is 2.77. The Bertz CT molecular complexity index is 339. The number of hydrogen-bond acceptors (Lipinski definition) is 2. The number of benzene rings is 1. The molecular formula is C12H18ClN2O+. The van der Waals surface area contributed by atoms with Gasteiger partial charge < -0.3 is 15.0 Å². The van der Waals surface area contributed by atoms with Crippen molar-refractivity contribution >= 4 is 17.3 Å². The molecule has 1 heterocycles. The molecule has 1 saturated heterocycles. The van der Waals surface area contributed by atoms with Gasteiger partial charge in [0.25, 0.3) is 0 Å². The Balaban J connectivity index is 2.05. The van der Waals surface area contributed by atoms with Crippen LogP contribution in [0.15, 0.2) is 24.3 Å². The second-order valence-corrected chi connectivity index (χ2v) is 4.60. The first-order valence-corrected chi connectivity index (χ1v) is 6.06. The number of hydrogen-bond donors (Lipinski definition) is 1. The lowest BCUT2D eigenvalue weighted by Crippen LogP contribution is -2.82. The smallest absolute Gasteiger partial charge is 0.217 e. The minimum Gasteiger partial charge on any atom is -0.378 e. The average molecular weight is 242 g/mol. The van der Waals surface area contributed by atoms with Gasteiger partial charge in [0, 0.05) is 25.3 Å². The van der Waals surface area contributed by atoms with Crippen molar-refractivity contribution in [1.82, 2.24) is 0 Å². The third kappa shape index (κ3) is 2.48. The molecule has 2 unspecified atom stereocenters. The number of halogens is 1. The predicted molar refractivity (Wildman–Crippen MR) is 65.9 cm³/mol. The minimum atomic E-state index is 0.111. The van der Waals surface area contributed by atoms with E-state index in [0.717, 1.165) is 6.54 Å². The van der Waals surface area contributed by atoms with Crippen molar-refractivity contribution < 1.29 is 10.1 Å². The molecule has 4 heteroatoms. The number of rotatable bonds is 3. The van der Waals surface area contributed by atoms with E-state index >= 15 is 0 Å². The molecule has 1 aliphatic heterocycles. The van der Waals surface area contributed by atoms with Gasteiger partial charge >= 0.3 is 0 Å². The summed E-state index contributed by atoms with van der Waals surface area (Å²) in [5.41, 5.74) is 2.41. The summed E-state index contributed by atoms with van der Waals surface area (Å²) in [7, 11) is 4.08. The lowest BCUT2D eigenvalue weighted by Gasteiger charge is -2.14. The van der Waals surface area contributed by atoms with Crippen molar-refractivity contribution in [2.24, 2.45) is 0 Å². The van der Waals surface area contributed by atoms with E-state index in [1.165, 1.54) is 11.3 Å². The van der Waals surface area contributed by atoms with E-state index < -0.39 is 0 Å². The summed E-state index contributed by atoms with van der Waals surface area (Å²) >= 11 is 5.78. The molecule has 0 saturated carbocycles. The number of anilines is 1. The summed E-state index contributed by atoms with van der Waals surface area (Å²) in [4.78, 5) is 2.09. The maximum Gasteiger partial charge on any atom is 0.217 e. The third-order valence-electron chi connectivity index (χ3n) is 2.86. The standard InChI is InChI=1S/C12H17ClN2O/c1-15(2)10-5-3-9(4-6-10)12-14-8-11(7-13)16-12/h3-6,11-12,14H,7-8H2,1-2H3/p+1. The summed E-state index contributed by atoms with van der Waals surface area (Å²) in [5.74, 6) is 0.572. The van der Waals surface area contributed by atoms with Crippen molar-refractivity contribution in [3.63, 3.8) is 0 Å². The van der Waals surface area contributed by atoms with Crippen LogP contribution < -0.4 is 10.2 Å². The molecule has 0 radical (unpaired) electrons. The Morgan fingerprint density at radius 3 is 2.56 bits per heavy atom. The fourth-order valence-electron chi connectivity index (χ4n) is 1.87. The highest BCUT2D eigenvalue weighted by Gasteiger charge is 2.28. The normalized spacial score (nSPS) is 24.7. The molecule has 1 fully saturated rings. The van der Waals surface area contributed by atoms with Crippen LogP contribution in [-0.4, -0.2) is 32.6 Å². The van der Waals surface area contributed by atoms with Gasteiger partial charge in [0.1, 0.15) is 12.6 Å². The molecule has 88 valence electrons. The summed E-state index contributed by atoms with van der Waals surface area (Å²) < 4.78 is 5.80. The fourth-order valence-corrected chi connectivity index (χ4v) is 2.07. The van der Waals surface area contributed by atoms with Crippen LogP contribution >= 0.6 is 11.6 Å².